The van der Waals surface area contributed by atoms with Crippen LogP contribution in [0, 0.1) is 0 Å². The van der Waals surface area contributed by atoms with Gasteiger partial charge in [0.15, 0.2) is 0 Å². The molecule has 106 valence electrons. The Balaban J connectivity index is 2.22. The van der Waals surface area contributed by atoms with Gasteiger partial charge in [0.05, 0.1) is 5.60 Å². The Hall–Kier alpha value is -1.06. The fraction of sp³-hybridized carbons (Fsp3) is 0.625. The summed E-state index contributed by atoms with van der Waals surface area (Å²) in [5, 5.41) is 13.5. The van der Waals surface area contributed by atoms with Gasteiger partial charge in [-0.2, -0.15) is 0 Å². The lowest BCUT2D eigenvalue weighted by Gasteiger charge is -2.28. The number of hydrogen-bond donors (Lipinski definition) is 2. The maximum atomic E-state index is 10.2. The predicted octanol–water partition coefficient (Wildman–Crippen LogP) is 2.71. The van der Waals surface area contributed by atoms with Crippen LogP contribution in [-0.2, 0) is 0 Å². The lowest BCUT2D eigenvalue weighted by Crippen LogP contribution is -2.29. The summed E-state index contributed by atoms with van der Waals surface area (Å²) in [5.41, 5.74) is 2.15. The van der Waals surface area contributed by atoms with E-state index in [1.165, 1.54) is 11.3 Å². The van der Waals surface area contributed by atoms with Crippen LogP contribution in [0.1, 0.15) is 44.7 Å². The molecule has 3 heteroatoms. The smallest absolute Gasteiger partial charge is 0.0637 e. The van der Waals surface area contributed by atoms with Crippen molar-refractivity contribution >= 4 is 5.69 Å². The van der Waals surface area contributed by atoms with Crippen molar-refractivity contribution in [1.82, 2.24) is 5.32 Å². The molecular weight excluding hydrogens is 236 g/mol. The second-order valence-electron chi connectivity index (χ2n) is 5.91. The zero-order chi connectivity index (χ0) is 13.9. The zero-order valence-corrected chi connectivity index (χ0v) is 12.3. The number of hydrogen-bond acceptors (Lipinski definition) is 3. The Labute approximate surface area is 116 Å². The Morgan fingerprint density at radius 2 is 2.00 bits per heavy atom. The van der Waals surface area contributed by atoms with Gasteiger partial charge >= 0.3 is 0 Å². The van der Waals surface area contributed by atoms with Crippen LogP contribution in [0.5, 0.6) is 0 Å². The standard InChI is InChI=1S/C16H26N2O/c1-13(17-3)14-7-4-5-8-15(14)18-11-6-9-16(2,19)10-12-18/h4-5,7-8,13,17,19H,6,9-12H2,1-3H3. The van der Waals surface area contributed by atoms with Crippen LogP contribution < -0.4 is 10.2 Å². The van der Waals surface area contributed by atoms with Crippen LogP contribution in [0.4, 0.5) is 5.69 Å². The number of para-hydroxylation sites is 1. The van der Waals surface area contributed by atoms with Gasteiger partial charge in [0, 0.05) is 24.8 Å². The molecular formula is C16H26N2O. The van der Waals surface area contributed by atoms with Crippen LogP contribution in [-0.4, -0.2) is 30.8 Å². The lowest BCUT2D eigenvalue weighted by atomic mass is 9.98. The maximum Gasteiger partial charge on any atom is 0.0637 e. The summed E-state index contributed by atoms with van der Waals surface area (Å²) in [7, 11) is 1.99. The molecule has 0 spiro atoms. The van der Waals surface area contributed by atoms with Crippen LogP contribution in [0.25, 0.3) is 0 Å². The van der Waals surface area contributed by atoms with Crippen molar-refractivity contribution in [1.29, 1.82) is 0 Å². The molecule has 1 aromatic carbocycles. The van der Waals surface area contributed by atoms with Crippen molar-refractivity contribution in [3.63, 3.8) is 0 Å². The number of aliphatic hydroxyl groups is 1. The normalized spacial score (nSPS) is 26.0. The summed E-state index contributed by atoms with van der Waals surface area (Å²) in [6, 6.07) is 8.94. The molecule has 0 radical (unpaired) electrons. The number of benzene rings is 1. The zero-order valence-electron chi connectivity index (χ0n) is 12.3. The van der Waals surface area contributed by atoms with E-state index in [1.54, 1.807) is 0 Å². The summed E-state index contributed by atoms with van der Waals surface area (Å²) in [4.78, 5) is 2.42. The fourth-order valence-electron chi connectivity index (χ4n) is 2.80. The van der Waals surface area contributed by atoms with E-state index >= 15 is 0 Å². The highest BCUT2D eigenvalue weighted by Gasteiger charge is 2.26. The van der Waals surface area contributed by atoms with Gasteiger partial charge in [-0.05, 0) is 51.8 Å². The van der Waals surface area contributed by atoms with Crippen LogP contribution in [0.15, 0.2) is 24.3 Å². The largest absolute Gasteiger partial charge is 0.390 e. The molecule has 1 heterocycles. The molecule has 0 aliphatic carbocycles. The average Bonchev–Trinajstić information content (AvgIpc) is 2.59. The van der Waals surface area contributed by atoms with Gasteiger partial charge in [0.1, 0.15) is 0 Å². The number of anilines is 1. The second-order valence-corrected chi connectivity index (χ2v) is 5.91. The van der Waals surface area contributed by atoms with Crippen molar-refractivity contribution in [3.8, 4) is 0 Å². The first-order chi connectivity index (χ1) is 9.03. The second kappa shape index (κ2) is 5.93. The Bertz CT molecular complexity index is 417. The first-order valence-electron chi connectivity index (χ1n) is 7.27. The van der Waals surface area contributed by atoms with Gasteiger partial charge in [0.2, 0.25) is 0 Å². The highest BCUT2D eigenvalue weighted by atomic mass is 16.3. The molecule has 2 N–H and O–H groups in total. The van der Waals surface area contributed by atoms with Gasteiger partial charge in [-0.25, -0.2) is 0 Å². The van der Waals surface area contributed by atoms with Crippen molar-refractivity contribution < 1.29 is 5.11 Å². The Morgan fingerprint density at radius 1 is 1.26 bits per heavy atom. The minimum Gasteiger partial charge on any atom is -0.390 e. The van der Waals surface area contributed by atoms with E-state index in [9.17, 15) is 5.11 Å². The topological polar surface area (TPSA) is 35.5 Å². The molecule has 1 fully saturated rings. The van der Waals surface area contributed by atoms with Crippen molar-refractivity contribution in [3.05, 3.63) is 29.8 Å². The third-order valence-corrected chi connectivity index (χ3v) is 4.24. The first kappa shape index (κ1) is 14.4. The van der Waals surface area contributed by atoms with E-state index in [0.29, 0.717) is 6.04 Å². The lowest BCUT2D eigenvalue weighted by molar-refractivity contribution is 0.0481. The fourth-order valence-corrected chi connectivity index (χ4v) is 2.80. The van der Waals surface area contributed by atoms with E-state index in [0.717, 1.165) is 32.4 Å². The Kier molecular flexibility index (Phi) is 4.48. The maximum absolute atomic E-state index is 10.2. The van der Waals surface area contributed by atoms with Gasteiger partial charge in [0.25, 0.3) is 0 Å². The molecule has 19 heavy (non-hydrogen) atoms. The molecule has 1 aliphatic heterocycles. The molecule has 0 amide bonds. The van der Waals surface area contributed by atoms with E-state index in [-0.39, 0.29) is 0 Å². The summed E-state index contributed by atoms with van der Waals surface area (Å²) in [6.45, 7) is 6.11. The van der Waals surface area contributed by atoms with Crippen LogP contribution in [0.2, 0.25) is 0 Å². The summed E-state index contributed by atoms with van der Waals surface area (Å²) in [5.74, 6) is 0. The number of rotatable bonds is 3. The molecule has 2 rings (SSSR count). The van der Waals surface area contributed by atoms with Crippen LogP contribution in [0.3, 0.4) is 0 Å². The van der Waals surface area contributed by atoms with Gasteiger partial charge in [-0.15, -0.1) is 0 Å². The van der Waals surface area contributed by atoms with Crippen LogP contribution >= 0.6 is 0 Å². The number of nitrogens with zero attached hydrogens (tertiary/aromatic N) is 1. The van der Waals surface area contributed by atoms with Gasteiger partial charge < -0.3 is 15.3 Å². The highest BCUT2D eigenvalue weighted by Crippen LogP contribution is 2.30. The van der Waals surface area contributed by atoms with Crippen molar-refractivity contribution in [2.24, 2.45) is 0 Å². The minimum absolute atomic E-state index is 0.347. The summed E-state index contributed by atoms with van der Waals surface area (Å²) < 4.78 is 0. The van der Waals surface area contributed by atoms with Crippen molar-refractivity contribution in [2.45, 2.75) is 44.8 Å². The third-order valence-electron chi connectivity index (χ3n) is 4.24. The predicted molar refractivity (Wildman–Crippen MR) is 80.6 cm³/mol. The molecule has 1 aliphatic rings. The average molecular weight is 262 g/mol. The SMILES string of the molecule is CNC(C)c1ccccc1N1CCCC(C)(O)CC1. The Morgan fingerprint density at radius 3 is 2.74 bits per heavy atom. The molecule has 0 bridgehead atoms. The molecule has 2 unspecified atom stereocenters. The molecule has 0 saturated carbocycles. The first-order valence-corrected chi connectivity index (χ1v) is 7.27. The highest BCUT2D eigenvalue weighted by molar-refractivity contribution is 5.55. The summed E-state index contributed by atoms with van der Waals surface area (Å²) >= 11 is 0. The molecule has 1 saturated heterocycles. The van der Waals surface area contributed by atoms with E-state index in [1.807, 2.05) is 14.0 Å². The van der Waals surface area contributed by atoms with E-state index < -0.39 is 5.60 Å². The molecule has 0 aromatic heterocycles. The molecule has 1 aromatic rings. The minimum atomic E-state index is -0.502. The van der Waals surface area contributed by atoms with Crippen molar-refractivity contribution in [2.75, 3.05) is 25.0 Å². The quantitative estimate of drug-likeness (QED) is 0.879. The van der Waals surface area contributed by atoms with Gasteiger partial charge in [-0.1, -0.05) is 18.2 Å². The van der Waals surface area contributed by atoms with E-state index in [4.69, 9.17) is 0 Å². The summed E-state index contributed by atoms with van der Waals surface area (Å²) in [6.07, 6.45) is 2.79. The molecule has 3 nitrogen and oxygen atoms in total. The number of nitrogens with one attached hydrogen (secondary N) is 1. The monoisotopic (exact) mass is 262 g/mol. The third kappa shape index (κ3) is 3.48. The van der Waals surface area contributed by atoms with Gasteiger partial charge in [-0.3, -0.25) is 0 Å². The van der Waals surface area contributed by atoms with E-state index in [2.05, 4.69) is 41.4 Å². The molecule has 2 atom stereocenters.